The number of esters is 1. The topological polar surface area (TPSA) is 59.5 Å². The van der Waals surface area contributed by atoms with E-state index in [2.05, 4.69) is 4.98 Å². The van der Waals surface area contributed by atoms with Crippen molar-refractivity contribution < 1.29 is 14.3 Å². The van der Waals surface area contributed by atoms with E-state index in [0.717, 1.165) is 5.69 Å². The third-order valence-electron chi connectivity index (χ3n) is 3.29. The van der Waals surface area contributed by atoms with E-state index in [1.807, 2.05) is 36.6 Å². The average Bonchev–Trinajstić information content (AvgIpc) is 2.60. The molecule has 0 spiro atoms. The summed E-state index contributed by atoms with van der Waals surface area (Å²) in [6, 6.07) is 12.5. The van der Waals surface area contributed by atoms with Gasteiger partial charge in [0.25, 0.3) is 5.91 Å². The number of aromatic nitrogens is 1. The van der Waals surface area contributed by atoms with Crippen LogP contribution in [0.1, 0.15) is 17.3 Å². The third-order valence-corrected chi connectivity index (χ3v) is 4.00. The number of anilines is 1. The fourth-order valence-electron chi connectivity index (χ4n) is 2.03. The number of thioether (sulfide) groups is 1. The number of amides is 1. The van der Waals surface area contributed by atoms with Gasteiger partial charge in [-0.25, -0.2) is 9.78 Å². The minimum atomic E-state index is -0.886. The molecule has 0 aliphatic rings. The van der Waals surface area contributed by atoms with Crippen molar-refractivity contribution in [1.29, 1.82) is 0 Å². The van der Waals surface area contributed by atoms with Crippen LogP contribution in [0.5, 0.6) is 0 Å². The van der Waals surface area contributed by atoms with E-state index in [0.29, 0.717) is 10.6 Å². The van der Waals surface area contributed by atoms with Gasteiger partial charge in [0, 0.05) is 18.9 Å². The van der Waals surface area contributed by atoms with Crippen molar-refractivity contribution in [3.63, 3.8) is 0 Å². The Labute approximate surface area is 139 Å². The average molecular weight is 330 g/mol. The molecule has 23 heavy (non-hydrogen) atoms. The molecule has 0 bridgehead atoms. The van der Waals surface area contributed by atoms with Gasteiger partial charge in [0.05, 0.1) is 5.56 Å². The zero-order chi connectivity index (χ0) is 16.8. The highest BCUT2D eigenvalue weighted by atomic mass is 32.2. The lowest BCUT2D eigenvalue weighted by atomic mass is 10.2. The summed E-state index contributed by atoms with van der Waals surface area (Å²) in [5, 5.41) is 0.577. The molecule has 1 aromatic heterocycles. The highest BCUT2D eigenvalue weighted by molar-refractivity contribution is 7.98. The van der Waals surface area contributed by atoms with Gasteiger partial charge in [-0.1, -0.05) is 18.2 Å². The van der Waals surface area contributed by atoms with Crippen LogP contribution in [-0.2, 0) is 9.53 Å². The number of ether oxygens (including phenoxy) is 1. The molecule has 120 valence electrons. The van der Waals surface area contributed by atoms with Crippen molar-refractivity contribution in [1.82, 2.24) is 4.98 Å². The number of hydrogen-bond donors (Lipinski definition) is 0. The summed E-state index contributed by atoms with van der Waals surface area (Å²) in [4.78, 5) is 30.2. The molecule has 1 amide bonds. The van der Waals surface area contributed by atoms with Gasteiger partial charge in [0.2, 0.25) is 0 Å². The lowest BCUT2D eigenvalue weighted by Crippen LogP contribution is -2.37. The summed E-state index contributed by atoms with van der Waals surface area (Å²) >= 11 is 1.36. The zero-order valence-corrected chi connectivity index (χ0v) is 14.0. The second kappa shape index (κ2) is 7.78. The Morgan fingerprint density at radius 1 is 1.17 bits per heavy atom. The van der Waals surface area contributed by atoms with Crippen molar-refractivity contribution in [2.45, 2.75) is 18.1 Å². The lowest BCUT2D eigenvalue weighted by molar-refractivity contribution is -0.126. The number of carbonyl (C=O) groups is 2. The van der Waals surface area contributed by atoms with E-state index in [4.69, 9.17) is 4.74 Å². The van der Waals surface area contributed by atoms with Crippen molar-refractivity contribution in [3.8, 4) is 0 Å². The minimum absolute atomic E-state index is 0.292. The Hall–Kier alpha value is -2.34. The van der Waals surface area contributed by atoms with Crippen LogP contribution in [0.15, 0.2) is 53.7 Å². The van der Waals surface area contributed by atoms with Crippen LogP contribution in [0.3, 0.4) is 0 Å². The number of carbonyl (C=O) groups excluding carboxylic acids is 2. The van der Waals surface area contributed by atoms with Crippen molar-refractivity contribution in [3.05, 3.63) is 54.2 Å². The van der Waals surface area contributed by atoms with Gasteiger partial charge in [-0.3, -0.25) is 4.79 Å². The standard InChI is InChI=1S/C17H18N2O3S/c1-12(16(20)19(2)13-8-5-4-6-9-13)22-17(21)14-10-7-11-18-15(14)23-3/h4-12H,1-3H3/t12-/m1/s1. The van der Waals surface area contributed by atoms with Crippen LogP contribution in [0.25, 0.3) is 0 Å². The molecule has 0 aliphatic heterocycles. The summed E-state index contributed by atoms with van der Waals surface area (Å²) in [5.74, 6) is -0.844. The second-order valence-corrected chi connectivity index (χ2v) is 5.64. The maximum atomic E-state index is 12.4. The maximum Gasteiger partial charge on any atom is 0.341 e. The van der Waals surface area contributed by atoms with Crippen LogP contribution >= 0.6 is 11.8 Å². The van der Waals surface area contributed by atoms with Gasteiger partial charge in [0.1, 0.15) is 5.03 Å². The Morgan fingerprint density at radius 2 is 1.87 bits per heavy atom. The number of hydrogen-bond acceptors (Lipinski definition) is 5. The van der Waals surface area contributed by atoms with Crippen molar-refractivity contribution in [2.24, 2.45) is 0 Å². The molecule has 0 unspecified atom stereocenters. The van der Waals surface area contributed by atoms with Gasteiger partial charge in [-0.05, 0) is 37.4 Å². The van der Waals surface area contributed by atoms with Crippen LogP contribution < -0.4 is 4.90 Å². The van der Waals surface area contributed by atoms with Crippen molar-refractivity contribution >= 4 is 29.3 Å². The summed E-state index contributed by atoms with van der Waals surface area (Å²) < 4.78 is 5.30. The Morgan fingerprint density at radius 3 is 2.52 bits per heavy atom. The van der Waals surface area contributed by atoms with Crippen molar-refractivity contribution in [2.75, 3.05) is 18.2 Å². The number of benzene rings is 1. The van der Waals surface area contributed by atoms with Gasteiger partial charge >= 0.3 is 5.97 Å². The molecule has 2 aromatic rings. The molecular formula is C17H18N2O3S. The smallest absolute Gasteiger partial charge is 0.341 e. The SMILES string of the molecule is CSc1ncccc1C(=O)O[C@H](C)C(=O)N(C)c1ccccc1. The number of rotatable bonds is 5. The third kappa shape index (κ3) is 4.10. The first-order valence-corrected chi connectivity index (χ1v) is 8.29. The Bertz CT molecular complexity index is 691. The molecule has 5 nitrogen and oxygen atoms in total. The highest BCUT2D eigenvalue weighted by Gasteiger charge is 2.24. The van der Waals surface area contributed by atoms with E-state index in [1.165, 1.54) is 16.7 Å². The number of nitrogens with zero attached hydrogens (tertiary/aromatic N) is 2. The summed E-state index contributed by atoms with van der Waals surface area (Å²) in [5.41, 5.74) is 1.11. The number of para-hydroxylation sites is 1. The predicted octanol–water partition coefficient (Wildman–Crippen LogP) is 3.01. The monoisotopic (exact) mass is 330 g/mol. The zero-order valence-electron chi connectivity index (χ0n) is 13.2. The fraction of sp³-hybridized carbons (Fsp3) is 0.235. The first kappa shape index (κ1) is 17.0. The quantitative estimate of drug-likeness (QED) is 0.623. The summed E-state index contributed by atoms with van der Waals surface area (Å²) in [6.07, 6.45) is 2.56. The predicted molar refractivity (Wildman–Crippen MR) is 90.7 cm³/mol. The molecule has 2 rings (SSSR count). The number of pyridine rings is 1. The van der Waals surface area contributed by atoms with Gasteiger partial charge in [-0.2, -0.15) is 0 Å². The molecule has 0 saturated carbocycles. The van der Waals surface area contributed by atoms with Crippen LogP contribution in [0, 0.1) is 0 Å². The van der Waals surface area contributed by atoms with E-state index < -0.39 is 12.1 Å². The molecule has 1 aromatic carbocycles. The van der Waals surface area contributed by atoms with E-state index >= 15 is 0 Å². The van der Waals surface area contributed by atoms with Gasteiger partial charge < -0.3 is 9.64 Å². The summed E-state index contributed by atoms with van der Waals surface area (Å²) in [7, 11) is 1.65. The maximum absolute atomic E-state index is 12.4. The van der Waals surface area contributed by atoms with E-state index in [1.54, 1.807) is 32.3 Å². The van der Waals surface area contributed by atoms with Gasteiger partial charge in [-0.15, -0.1) is 11.8 Å². The number of likely N-dealkylation sites (N-methyl/N-ethyl adjacent to an activating group) is 1. The van der Waals surface area contributed by atoms with E-state index in [-0.39, 0.29) is 5.91 Å². The van der Waals surface area contributed by atoms with Crippen LogP contribution in [0.4, 0.5) is 5.69 Å². The van der Waals surface area contributed by atoms with E-state index in [9.17, 15) is 9.59 Å². The molecule has 1 heterocycles. The molecule has 1 atom stereocenters. The Kier molecular flexibility index (Phi) is 5.76. The minimum Gasteiger partial charge on any atom is -0.449 e. The largest absolute Gasteiger partial charge is 0.449 e. The molecule has 0 saturated heterocycles. The lowest BCUT2D eigenvalue weighted by Gasteiger charge is -2.21. The molecular weight excluding hydrogens is 312 g/mol. The molecule has 0 radical (unpaired) electrons. The van der Waals surface area contributed by atoms with Crippen LogP contribution in [0.2, 0.25) is 0 Å². The first-order chi connectivity index (χ1) is 11.0. The fourth-order valence-corrected chi connectivity index (χ4v) is 2.57. The molecule has 0 aliphatic carbocycles. The van der Waals surface area contributed by atoms with Crippen LogP contribution in [-0.4, -0.2) is 36.3 Å². The first-order valence-electron chi connectivity index (χ1n) is 7.07. The molecule has 6 heteroatoms. The summed E-state index contributed by atoms with van der Waals surface area (Å²) in [6.45, 7) is 1.56. The Balaban J connectivity index is 2.07. The molecule has 0 N–H and O–H groups in total. The second-order valence-electron chi connectivity index (χ2n) is 4.84. The normalized spacial score (nSPS) is 11.6. The van der Waals surface area contributed by atoms with Gasteiger partial charge in [0.15, 0.2) is 6.10 Å². The molecule has 0 fully saturated rings. The highest BCUT2D eigenvalue weighted by Crippen LogP contribution is 2.19.